The van der Waals surface area contributed by atoms with E-state index in [4.69, 9.17) is 9.47 Å². The van der Waals surface area contributed by atoms with E-state index in [-0.39, 0.29) is 12.6 Å². The van der Waals surface area contributed by atoms with Crippen molar-refractivity contribution in [2.24, 2.45) is 0 Å². The number of benzene rings is 1. The molecule has 98 valence electrons. The van der Waals surface area contributed by atoms with Crippen molar-refractivity contribution in [1.82, 2.24) is 5.32 Å². The number of hydrogen-bond donors (Lipinski definition) is 2. The third kappa shape index (κ3) is 2.44. The van der Waals surface area contributed by atoms with Crippen LogP contribution in [0.15, 0.2) is 18.2 Å². The largest absolute Gasteiger partial charge is 0.486 e. The standard InChI is InChI=1S/C14H19NO3/c16-7-6-12(15-10-4-5-10)11-2-1-3-13-14(11)18-9-8-17-13/h1-3,10,12,15-16H,4-9H2. The Morgan fingerprint density at radius 2 is 2.11 bits per heavy atom. The van der Waals surface area contributed by atoms with Crippen molar-refractivity contribution in [3.05, 3.63) is 23.8 Å². The highest BCUT2D eigenvalue weighted by atomic mass is 16.6. The third-order valence-electron chi connectivity index (χ3n) is 3.40. The average Bonchev–Trinajstić information content (AvgIpc) is 3.22. The van der Waals surface area contributed by atoms with E-state index in [1.165, 1.54) is 12.8 Å². The number of aliphatic hydroxyl groups is 1. The average molecular weight is 249 g/mol. The van der Waals surface area contributed by atoms with Crippen LogP contribution in [0.25, 0.3) is 0 Å². The SMILES string of the molecule is OCCC(NC1CC1)c1cccc2c1OCCO2. The smallest absolute Gasteiger partial charge is 0.166 e. The minimum Gasteiger partial charge on any atom is -0.486 e. The molecule has 0 aromatic heterocycles. The van der Waals surface area contributed by atoms with E-state index in [1.54, 1.807) is 0 Å². The molecular weight excluding hydrogens is 230 g/mol. The van der Waals surface area contributed by atoms with Crippen LogP contribution in [-0.2, 0) is 0 Å². The summed E-state index contributed by atoms with van der Waals surface area (Å²) in [7, 11) is 0. The zero-order chi connectivity index (χ0) is 12.4. The van der Waals surface area contributed by atoms with Gasteiger partial charge in [-0.3, -0.25) is 0 Å². The van der Waals surface area contributed by atoms with Gasteiger partial charge in [0.15, 0.2) is 11.5 Å². The molecule has 18 heavy (non-hydrogen) atoms. The second-order valence-electron chi connectivity index (χ2n) is 4.88. The van der Waals surface area contributed by atoms with Crippen molar-refractivity contribution in [3.63, 3.8) is 0 Å². The summed E-state index contributed by atoms with van der Waals surface area (Å²) in [4.78, 5) is 0. The molecule has 4 nitrogen and oxygen atoms in total. The van der Waals surface area contributed by atoms with Crippen LogP contribution in [-0.4, -0.2) is 31.0 Å². The summed E-state index contributed by atoms with van der Waals surface area (Å²) < 4.78 is 11.3. The first-order valence-electron chi connectivity index (χ1n) is 6.64. The molecule has 1 saturated carbocycles. The number of para-hydroxylation sites is 1. The molecule has 1 aromatic rings. The van der Waals surface area contributed by atoms with Crippen molar-refractivity contribution in [3.8, 4) is 11.5 Å². The Bertz CT molecular complexity index is 418. The lowest BCUT2D eigenvalue weighted by Gasteiger charge is -2.25. The maximum Gasteiger partial charge on any atom is 0.166 e. The van der Waals surface area contributed by atoms with Crippen molar-refractivity contribution in [2.75, 3.05) is 19.8 Å². The maximum atomic E-state index is 9.22. The van der Waals surface area contributed by atoms with Crippen LogP contribution in [0.2, 0.25) is 0 Å². The summed E-state index contributed by atoms with van der Waals surface area (Å²) >= 11 is 0. The van der Waals surface area contributed by atoms with E-state index in [9.17, 15) is 5.11 Å². The Kier molecular flexibility index (Phi) is 3.39. The highest BCUT2D eigenvalue weighted by Gasteiger charge is 2.28. The van der Waals surface area contributed by atoms with Crippen LogP contribution in [0.3, 0.4) is 0 Å². The molecule has 1 aliphatic heterocycles. The van der Waals surface area contributed by atoms with Gasteiger partial charge in [0.2, 0.25) is 0 Å². The molecule has 2 N–H and O–H groups in total. The van der Waals surface area contributed by atoms with Crippen molar-refractivity contribution in [2.45, 2.75) is 31.3 Å². The van der Waals surface area contributed by atoms with E-state index >= 15 is 0 Å². The van der Waals surface area contributed by atoms with Gasteiger partial charge >= 0.3 is 0 Å². The van der Waals surface area contributed by atoms with Gasteiger partial charge in [-0.1, -0.05) is 12.1 Å². The zero-order valence-electron chi connectivity index (χ0n) is 10.4. The minimum atomic E-state index is 0.152. The minimum absolute atomic E-state index is 0.152. The highest BCUT2D eigenvalue weighted by molar-refractivity contribution is 5.49. The molecule has 3 rings (SSSR count). The predicted molar refractivity (Wildman–Crippen MR) is 68.0 cm³/mol. The van der Waals surface area contributed by atoms with Gasteiger partial charge in [0.25, 0.3) is 0 Å². The number of rotatable bonds is 5. The molecule has 4 heteroatoms. The molecule has 1 heterocycles. The number of hydrogen-bond acceptors (Lipinski definition) is 4. The summed E-state index contributed by atoms with van der Waals surface area (Å²) in [6.45, 7) is 1.38. The molecule has 2 aliphatic rings. The first-order chi connectivity index (χ1) is 8.88. The molecule has 0 radical (unpaired) electrons. The molecular formula is C14H19NO3. The van der Waals surface area contributed by atoms with E-state index < -0.39 is 0 Å². The van der Waals surface area contributed by atoms with E-state index in [0.29, 0.717) is 25.7 Å². The van der Waals surface area contributed by atoms with Gasteiger partial charge in [-0.05, 0) is 25.3 Å². The number of ether oxygens (including phenoxy) is 2. The Morgan fingerprint density at radius 3 is 2.89 bits per heavy atom. The van der Waals surface area contributed by atoms with E-state index in [0.717, 1.165) is 17.1 Å². The van der Waals surface area contributed by atoms with Gasteiger partial charge in [0, 0.05) is 24.3 Å². The lowest BCUT2D eigenvalue weighted by molar-refractivity contribution is 0.167. The second kappa shape index (κ2) is 5.16. The molecule has 1 aliphatic carbocycles. The van der Waals surface area contributed by atoms with Gasteiger partial charge in [-0.2, -0.15) is 0 Å². The van der Waals surface area contributed by atoms with Crippen molar-refractivity contribution < 1.29 is 14.6 Å². The Labute approximate surface area is 107 Å². The lowest BCUT2D eigenvalue weighted by Crippen LogP contribution is -2.26. The zero-order valence-corrected chi connectivity index (χ0v) is 10.4. The van der Waals surface area contributed by atoms with E-state index in [2.05, 4.69) is 11.4 Å². The highest BCUT2D eigenvalue weighted by Crippen LogP contribution is 2.39. The van der Waals surface area contributed by atoms with Gasteiger partial charge in [-0.25, -0.2) is 0 Å². The second-order valence-corrected chi connectivity index (χ2v) is 4.88. The summed E-state index contributed by atoms with van der Waals surface area (Å²) in [6, 6.07) is 6.73. The van der Waals surface area contributed by atoms with Crippen molar-refractivity contribution in [1.29, 1.82) is 0 Å². The number of fused-ring (bicyclic) bond motifs is 1. The Balaban J connectivity index is 1.87. The fourth-order valence-electron chi connectivity index (χ4n) is 2.36. The fraction of sp³-hybridized carbons (Fsp3) is 0.571. The lowest BCUT2D eigenvalue weighted by atomic mass is 10.0. The summed E-state index contributed by atoms with van der Waals surface area (Å²) in [5, 5.41) is 12.8. The van der Waals surface area contributed by atoms with Gasteiger partial charge in [0.1, 0.15) is 13.2 Å². The van der Waals surface area contributed by atoms with Crippen LogP contribution in [0.4, 0.5) is 0 Å². The fourth-order valence-corrected chi connectivity index (χ4v) is 2.36. The Hall–Kier alpha value is -1.26. The molecule has 0 spiro atoms. The topological polar surface area (TPSA) is 50.7 Å². The molecule has 1 fully saturated rings. The third-order valence-corrected chi connectivity index (χ3v) is 3.40. The first kappa shape index (κ1) is 11.8. The normalized spacial score (nSPS) is 19.6. The molecule has 1 aromatic carbocycles. The van der Waals surface area contributed by atoms with Gasteiger partial charge < -0.3 is 19.9 Å². The van der Waals surface area contributed by atoms with Gasteiger partial charge in [-0.15, -0.1) is 0 Å². The molecule has 0 amide bonds. The summed E-state index contributed by atoms with van der Waals surface area (Å²) in [5.74, 6) is 1.66. The van der Waals surface area contributed by atoms with Crippen LogP contribution in [0.5, 0.6) is 11.5 Å². The van der Waals surface area contributed by atoms with Crippen LogP contribution in [0, 0.1) is 0 Å². The number of nitrogens with one attached hydrogen (secondary N) is 1. The quantitative estimate of drug-likeness (QED) is 0.833. The van der Waals surface area contributed by atoms with Crippen LogP contribution < -0.4 is 14.8 Å². The van der Waals surface area contributed by atoms with E-state index in [1.807, 2.05) is 12.1 Å². The monoisotopic (exact) mass is 249 g/mol. The van der Waals surface area contributed by atoms with Crippen molar-refractivity contribution >= 4 is 0 Å². The molecule has 1 atom stereocenters. The number of aliphatic hydroxyl groups excluding tert-OH is 1. The van der Waals surface area contributed by atoms with Crippen LogP contribution in [0.1, 0.15) is 30.9 Å². The summed E-state index contributed by atoms with van der Waals surface area (Å²) in [5.41, 5.74) is 1.10. The predicted octanol–water partition coefficient (Wildman–Crippen LogP) is 1.63. The first-order valence-corrected chi connectivity index (χ1v) is 6.64. The molecule has 0 saturated heterocycles. The Morgan fingerprint density at radius 1 is 1.28 bits per heavy atom. The maximum absolute atomic E-state index is 9.22. The van der Waals surface area contributed by atoms with Crippen LogP contribution >= 0.6 is 0 Å². The molecule has 0 bridgehead atoms. The summed E-state index contributed by atoms with van der Waals surface area (Å²) in [6.07, 6.45) is 3.17. The van der Waals surface area contributed by atoms with Gasteiger partial charge in [0.05, 0.1) is 0 Å². The molecule has 1 unspecified atom stereocenters.